The molecule has 0 radical (unpaired) electrons. The molecular weight excluding hydrogens is 304 g/mol. The maximum atomic E-state index is 11.3. The molecule has 2 rings (SSSR count). The van der Waals surface area contributed by atoms with E-state index in [1.54, 1.807) is 6.33 Å². The van der Waals surface area contributed by atoms with Crippen LogP contribution in [0.3, 0.4) is 0 Å². The van der Waals surface area contributed by atoms with Crippen LogP contribution in [0.4, 0.5) is 11.6 Å². The molecule has 0 unspecified atom stereocenters. The fourth-order valence-corrected chi connectivity index (χ4v) is 3.37. The quantitative estimate of drug-likeness (QED) is 0.908. The number of nitrogens with one attached hydrogen (secondary N) is 1. The Morgan fingerprint density at radius 2 is 2.18 bits per heavy atom. The maximum Gasteiger partial charge on any atom is 0.148 e. The zero-order chi connectivity index (χ0) is 12.3. The summed E-state index contributed by atoms with van der Waals surface area (Å²) in [7, 11) is -0.666. The van der Waals surface area contributed by atoms with Gasteiger partial charge in [-0.25, -0.2) is 9.97 Å². The molecule has 0 bridgehead atoms. The minimum atomic E-state index is -0.666. The number of anilines is 2. The topological polar surface area (TPSA) is 58.1 Å². The molecule has 2 heterocycles. The Labute approximate surface area is 112 Å². The van der Waals surface area contributed by atoms with Gasteiger partial charge in [-0.3, -0.25) is 4.21 Å². The van der Waals surface area contributed by atoms with Crippen molar-refractivity contribution in [3.63, 3.8) is 0 Å². The monoisotopic (exact) mass is 318 g/mol. The minimum absolute atomic E-state index is 0.666. The summed E-state index contributed by atoms with van der Waals surface area (Å²) in [5.41, 5.74) is 0. The highest BCUT2D eigenvalue weighted by molar-refractivity contribution is 9.10. The third-order valence-corrected chi connectivity index (χ3v) is 4.60. The zero-order valence-electron chi connectivity index (χ0n) is 9.65. The van der Waals surface area contributed by atoms with E-state index in [0.717, 1.165) is 35.7 Å². The summed E-state index contributed by atoms with van der Waals surface area (Å²) in [5.74, 6) is 3.12. The summed E-state index contributed by atoms with van der Waals surface area (Å²) in [6, 6.07) is 0. The van der Waals surface area contributed by atoms with Crippen LogP contribution in [-0.2, 0) is 10.8 Å². The van der Waals surface area contributed by atoms with E-state index in [2.05, 4.69) is 36.1 Å². The van der Waals surface area contributed by atoms with Crippen LogP contribution < -0.4 is 10.2 Å². The lowest BCUT2D eigenvalue weighted by molar-refractivity contribution is 0.672. The summed E-state index contributed by atoms with van der Waals surface area (Å²) in [6.45, 7) is 4.42. The molecule has 1 N–H and O–H groups in total. The third-order valence-electron chi connectivity index (χ3n) is 2.59. The molecule has 1 aliphatic heterocycles. The number of aromatic nitrogens is 2. The Bertz CT molecular complexity index is 419. The van der Waals surface area contributed by atoms with E-state index in [1.807, 2.05) is 6.92 Å². The molecule has 0 saturated carbocycles. The first-order valence-electron chi connectivity index (χ1n) is 5.56. The van der Waals surface area contributed by atoms with Crippen LogP contribution in [0.1, 0.15) is 6.92 Å². The highest BCUT2D eigenvalue weighted by Gasteiger charge is 2.20. The molecule has 0 spiro atoms. The molecular formula is C10H15BrN4OS. The zero-order valence-corrected chi connectivity index (χ0v) is 12.1. The van der Waals surface area contributed by atoms with E-state index in [-0.39, 0.29) is 0 Å². The SMILES string of the molecule is CCNc1ncnc(N2CCS(=O)CC2)c1Br. The van der Waals surface area contributed by atoms with Gasteiger partial charge in [-0.15, -0.1) is 0 Å². The van der Waals surface area contributed by atoms with E-state index < -0.39 is 10.8 Å². The third kappa shape index (κ3) is 2.95. The largest absolute Gasteiger partial charge is 0.369 e. The Kier molecular flexibility index (Phi) is 4.33. The second kappa shape index (κ2) is 5.77. The standard InChI is InChI=1S/C10H15BrN4OS/c1-2-12-9-8(11)10(14-7-13-9)15-3-5-17(16)6-4-15/h7H,2-6H2,1H3,(H,12,13,14). The predicted octanol–water partition coefficient (Wildman–Crippen LogP) is 1.24. The van der Waals surface area contributed by atoms with Crippen LogP contribution >= 0.6 is 15.9 Å². The number of hydrogen-bond donors (Lipinski definition) is 1. The van der Waals surface area contributed by atoms with E-state index in [9.17, 15) is 4.21 Å². The second-order valence-corrected chi connectivity index (χ2v) is 6.21. The molecule has 94 valence electrons. The number of halogens is 1. The van der Waals surface area contributed by atoms with Gasteiger partial charge in [-0.05, 0) is 22.9 Å². The van der Waals surface area contributed by atoms with E-state index >= 15 is 0 Å². The van der Waals surface area contributed by atoms with Gasteiger partial charge in [0.2, 0.25) is 0 Å². The van der Waals surface area contributed by atoms with Crippen LogP contribution in [0, 0.1) is 0 Å². The molecule has 1 aromatic rings. The van der Waals surface area contributed by atoms with Gasteiger partial charge >= 0.3 is 0 Å². The molecule has 0 aromatic carbocycles. The van der Waals surface area contributed by atoms with Crippen molar-refractivity contribution in [1.29, 1.82) is 0 Å². The molecule has 1 saturated heterocycles. The van der Waals surface area contributed by atoms with Gasteiger partial charge in [0.05, 0.1) is 0 Å². The summed E-state index contributed by atoms with van der Waals surface area (Å²) in [4.78, 5) is 10.6. The lowest BCUT2D eigenvalue weighted by atomic mass is 10.4. The summed E-state index contributed by atoms with van der Waals surface area (Å²) >= 11 is 3.53. The molecule has 17 heavy (non-hydrogen) atoms. The number of nitrogens with zero attached hydrogens (tertiary/aromatic N) is 3. The highest BCUT2D eigenvalue weighted by atomic mass is 79.9. The highest BCUT2D eigenvalue weighted by Crippen LogP contribution is 2.29. The van der Waals surface area contributed by atoms with Crippen molar-refractivity contribution < 1.29 is 4.21 Å². The fourth-order valence-electron chi connectivity index (χ4n) is 1.72. The first-order chi connectivity index (χ1) is 8.22. The Morgan fingerprint density at radius 3 is 2.82 bits per heavy atom. The van der Waals surface area contributed by atoms with Crippen LogP contribution in [-0.4, -0.2) is 45.3 Å². The Morgan fingerprint density at radius 1 is 1.47 bits per heavy atom. The Balaban J connectivity index is 2.20. The van der Waals surface area contributed by atoms with Gasteiger partial charge in [-0.1, -0.05) is 0 Å². The van der Waals surface area contributed by atoms with Crippen molar-refractivity contribution in [2.45, 2.75) is 6.92 Å². The van der Waals surface area contributed by atoms with Crippen molar-refractivity contribution in [2.24, 2.45) is 0 Å². The number of rotatable bonds is 3. The van der Waals surface area contributed by atoms with Crippen molar-refractivity contribution in [3.05, 3.63) is 10.8 Å². The average Bonchev–Trinajstić information content (AvgIpc) is 2.34. The fraction of sp³-hybridized carbons (Fsp3) is 0.600. The van der Waals surface area contributed by atoms with E-state index in [0.29, 0.717) is 11.5 Å². The molecule has 5 nitrogen and oxygen atoms in total. The van der Waals surface area contributed by atoms with Crippen LogP contribution in [0.25, 0.3) is 0 Å². The van der Waals surface area contributed by atoms with Crippen molar-refractivity contribution in [1.82, 2.24) is 9.97 Å². The Hall–Kier alpha value is -0.690. The van der Waals surface area contributed by atoms with Gasteiger partial charge in [0.15, 0.2) is 0 Å². The molecule has 1 aliphatic rings. The van der Waals surface area contributed by atoms with Crippen LogP contribution in [0.5, 0.6) is 0 Å². The molecule has 0 aliphatic carbocycles. The molecule has 0 atom stereocenters. The van der Waals surface area contributed by atoms with Gasteiger partial charge in [-0.2, -0.15) is 0 Å². The lowest BCUT2D eigenvalue weighted by Crippen LogP contribution is -2.38. The second-order valence-electron chi connectivity index (χ2n) is 3.73. The van der Waals surface area contributed by atoms with Gasteiger partial charge in [0.25, 0.3) is 0 Å². The molecule has 1 aromatic heterocycles. The molecule has 1 fully saturated rings. The molecule has 0 amide bonds. The average molecular weight is 319 g/mol. The lowest BCUT2D eigenvalue weighted by Gasteiger charge is -2.28. The van der Waals surface area contributed by atoms with Crippen molar-refractivity contribution >= 4 is 38.4 Å². The summed E-state index contributed by atoms with van der Waals surface area (Å²) < 4.78 is 12.2. The first kappa shape index (κ1) is 12.8. The maximum absolute atomic E-state index is 11.3. The van der Waals surface area contributed by atoms with E-state index in [1.165, 1.54) is 0 Å². The van der Waals surface area contributed by atoms with Crippen molar-refractivity contribution in [3.8, 4) is 0 Å². The van der Waals surface area contributed by atoms with Crippen LogP contribution in [0.2, 0.25) is 0 Å². The van der Waals surface area contributed by atoms with Gasteiger partial charge in [0, 0.05) is 41.9 Å². The van der Waals surface area contributed by atoms with Gasteiger partial charge in [0.1, 0.15) is 22.4 Å². The van der Waals surface area contributed by atoms with E-state index in [4.69, 9.17) is 0 Å². The summed E-state index contributed by atoms with van der Waals surface area (Å²) in [5, 5.41) is 3.18. The predicted molar refractivity (Wildman–Crippen MR) is 74.0 cm³/mol. The molecule has 7 heteroatoms. The normalized spacial score (nSPS) is 17.2. The van der Waals surface area contributed by atoms with Gasteiger partial charge < -0.3 is 10.2 Å². The van der Waals surface area contributed by atoms with Crippen LogP contribution in [0.15, 0.2) is 10.8 Å². The number of hydrogen-bond acceptors (Lipinski definition) is 5. The first-order valence-corrected chi connectivity index (χ1v) is 7.84. The smallest absolute Gasteiger partial charge is 0.148 e. The summed E-state index contributed by atoms with van der Waals surface area (Å²) in [6.07, 6.45) is 1.56. The minimum Gasteiger partial charge on any atom is -0.369 e. The van der Waals surface area contributed by atoms with Crippen molar-refractivity contribution in [2.75, 3.05) is 41.4 Å².